The van der Waals surface area contributed by atoms with Crippen molar-refractivity contribution in [1.82, 2.24) is 4.90 Å². The molecule has 1 aliphatic heterocycles. The van der Waals surface area contributed by atoms with Gasteiger partial charge in [-0.25, -0.2) is 4.79 Å². The summed E-state index contributed by atoms with van der Waals surface area (Å²) in [5.41, 5.74) is 3.42. The molecule has 1 N–H and O–H groups in total. The standard InChI is InChI=1S/C35H33F3N2O3/c1-2-43-34(42)32(27-8-4-3-5-9-27)40-22-20-25(21-23-40)24-14-18-29(19-15-24)39-33(41)31-11-7-6-10-30(31)26-12-16-28(17-13-26)35(36,37)38/h3-19,25,32H,2,20-23H2,1H3,(H,39,41). The molecule has 0 radical (unpaired) electrons. The van der Waals surface area contributed by atoms with Gasteiger partial charge in [-0.05, 0) is 91.4 Å². The molecule has 0 saturated carbocycles. The van der Waals surface area contributed by atoms with Gasteiger partial charge in [0, 0.05) is 11.3 Å². The minimum atomic E-state index is -4.42. The van der Waals surface area contributed by atoms with E-state index in [0.29, 0.717) is 34.9 Å². The highest BCUT2D eigenvalue weighted by molar-refractivity contribution is 6.08. The lowest BCUT2D eigenvalue weighted by molar-refractivity contribution is -0.150. The van der Waals surface area contributed by atoms with Crippen molar-refractivity contribution in [3.8, 4) is 11.1 Å². The van der Waals surface area contributed by atoms with Gasteiger partial charge in [0.25, 0.3) is 5.91 Å². The van der Waals surface area contributed by atoms with Crippen LogP contribution >= 0.6 is 0 Å². The quantitative estimate of drug-likeness (QED) is 0.212. The van der Waals surface area contributed by atoms with E-state index in [9.17, 15) is 22.8 Å². The van der Waals surface area contributed by atoms with Gasteiger partial charge in [-0.15, -0.1) is 0 Å². The van der Waals surface area contributed by atoms with E-state index in [-0.39, 0.29) is 11.9 Å². The number of benzene rings is 4. The maximum Gasteiger partial charge on any atom is 0.416 e. The number of nitrogens with zero attached hydrogens (tertiary/aromatic N) is 1. The molecule has 1 saturated heterocycles. The van der Waals surface area contributed by atoms with Crippen molar-refractivity contribution < 1.29 is 27.5 Å². The van der Waals surface area contributed by atoms with Crippen LogP contribution in [-0.4, -0.2) is 36.5 Å². The van der Waals surface area contributed by atoms with E-state index in [1.165, 1.54) is 12.1 Å². The highest BCUT2D eigenvalue weighted by Gasteiger charge is 2.33. The molecule has 222 valence electrons. The number of carbonyl (C=O) groups excluding carboxylic acids is 2. The number of nitrogens with one attached hydrogen (secondary N) is 1. The van der Waals surface area contributed by atoms with E-state index < -0.39 is 17.8 Å². The van der Waals surface area contributed by atoms with Crippen molar-refractivity contribution in [2.45, 2.75) is 37.9 Å². The van der Waals surface area contributed by atoms with Crippen LogP contribution in [0, 0.1) is 0 Å². The zero-order chi connectivity index (χ0) is 30.4. The van der Waals surface area contributed by atoms with Gasteiger partial charge in [-0.3, -0.25) is 9.69 Å². The molecule has 1 heterocycles. The minimum absolute atomic E-state index is 0.230. The van der Waals surface area contributed by atoms with Crippen LogP contribution in [0.2, 0.25) is 0 Å². The number of anilines is 1. The van der Waals surface area contributed by atoms with Crippen molar-refractivity contribution in [2.75, 3.05) is 25.0 Å². The van der Waals surface area contributed by atoms with Gasteiger partial charge >= 0.3 is 12.1 Å². The fourth-order valence-corrected chi connectivity index (χ4v) is 5.65. The normalized spacial score (nSPS) is 15.1. The van der Waals surface area contributed by atoms with E-state index in [1.807, 2.05) is 61.5 Å². The van der Waals surface area contributed by atoms with Crippen LogP contribution in [0.5, 0.6) is 0 Å². The third-order valence-corrected chi connectivity index (χ3v) is 7.85. The number of esters is 1. The van der Waals surface area contributed by atoms with Crippen molar-refractivity contribution in [3.05, 3.63) is 125 Å². The second-order valence-corrected chi connectivity index (χ2v) is 10.6. The van der Waals surface area contributed by atoms with Gasteiger partial charge < -0.3 is 10.1 Å². The number of rotatable bonds is 8. The number of likely N-dealkylation sites (tertiary alicyclic amines) is 1. The Morgan fingerprint density at radius 2 is 1.49 bits per heavy atom. The Morgan fingerprint density at radius 1 is 0.860 bits per heavy atom. The third kappa shape index (κ3) is 7.14. The Balaban J connectivity index is 1.23. The average Bonchev–Trinajstić information content (AvgIpc) is 3.02. The van der Waals surface area contributed by atoms with Crippen LogP contribution < -0.4 is 5.32 Å². The monoisotopic (exact) mass is 586 g/mol. The predicted molar refractivity (Wildman–Crippen MR) is 161 cm³/mol. The molecule has 8 heteroatoms. The Morgan fingerprint density at radius 3 is 2.12 bits per heavy atom. The number of halogens is 3. The molecule has 1 unspecified atom stereocenters. The molecule has 0 spiro atoms. The zero-order valence-electron chi connectivity index (χ0n) is 23.8. The van der Waals surface area contributed by atoms with Gasteiger partial charge in [-0.2, -0.15) is 13.2 Å². The number of alkyl halides is 3. The van der Waals surface area contributed by atoms with Gasteiger partial charge in [0.05, 0.1) is 12.2 Å². The van der Waals surface area contributed by atoms with Crippen molar-refractivity contribution in [1.29, 1.82) is 0 Å². The summed E-state index contributed by atoms with van der Waals surface area (Å²) in [6.45, 7) is 3.66. The molecular weight excluding hydrogens is 553 g/mol. The maximum atomic E-state index is 13.2. The molecular formula is C35H33F3N2O3. The molecule has 0 bridgehead atoms. The lowest BCUT2D eigenvalue weighted by atomic mass is 9.88. The molecule has 5 rings (SSSR count). The SMILES string of the molecule is CCOC(=O)C(c1ccccc1)N1CCC(c2ccc(NC(=O)c3ccccc3-c3ccc(C(F)(F)F)cc3)cc2)CC1. The molecule has 43 heavy (non-hydrogen) atoms. The van der Waals surface area contributed by atoms with Crippen LogP contribution in [0.4, 0.5) is 18.9 Å². The van der Waals surface area contributed by atoms with Crippen LogP contribution in [0.1, 0.15) is 58.8 Å². The number of ether oxygens (including phenoxy) is 1. The van der Waals surface area contributed by atoms with Crippen LogP contribution in [0.15, 0.2) is 103 Å². The highest BCUT2D eigenvalue weighted by atomic mass is 19.4. The van der Waals surface area contributed by atoms with Crippen molar-refractivity contribution >= 4 is 17.6 Å². The van der Waals surface area contributed by atoms with Crippen molar-refractivity contribution in [2.24, 2.45) is 0 Å². The summed E-state index contributed by atoms with van der Waals surface area (Å²) in [6.07, 6.45) is -2.66. The van der Waals surface area contributed by atoms with Gasteiger partial charge in [0.2, 0.25) is 0 Å². The first-order chi connectivity index (χ1) is 20.7. The molecule has 5 nitrogen and oxygen atoms in total. The maximum absolute atomic E-state index is 13.2. The van der Waals surface area contributed by atoms with Gasteiger partial charge in [0.1, 0.15) is 6.04 Å². The predicted octanol–water partition coefficient (Wildman–Crippen LogP) is 8.11. The summed E-state index contributed by atoms with van der Waals surface area (Å²) in [4.78, 5) is 28.2. The number of piperidine rings is 1. The van der Waals surface area contributed by atoms with E-state index >= 15 is 0 Å². The van der Waals surface area contributed by atoms with E-state index in [0.717, 1.165) is 49.2 Å². The van der Waals surface area contributed by atoms with E-state index in [1.54, 1.807) is 24.3 Å². The second kappa shape index (κ2) is 13.3. The molecule has 0 aliphatic carbocycles. The summed E-state index contributed by atoms with van der Waals surface area (Å²) < 4.78 is 44.4. The topological polar surface area (TPSA) is 58.6 Å². The summed E-state index contributed by atoms with van der Waals surface area (Å²) in [5, 5.41) is 2.92. The molecule has 1 aliphatic rings. The first kappa shape index (κ1) is 30.0. The molecule has 4 aromatic rings. The first-order valence-corrected chi connectivity index (χ1v) is 14.4. The summed E-state index contributed by atoms with van der Waals surface area (Å²) >= 11 is 0. The number of hydrogen-bond acceptors (Lipinski definition) is 4. The van der Waals surface area contributed by atoms with E-state index in [4.69, 9.17) is 4.74 Å². The van der Waals surface area contributed by atoms with Crippen molar-refractivity contribution in [3.63, 3.8) is 0 Å². The summed E-state index contributed by atoms with van der Waals surface area (Å²) in [7, 11) is 0. The Kier molecular flexibility index (Phi) is 9.26. The fraction of sp³-hybridized carbons (Fsp3) is 0.257. The molecule has 4 aromatic carbocycles. The lowest BCUT2D eigenvalue weighted by Gasteiger charge is -2.36. The minimum Gasteiger partial charge on any atom is -0.465 e. The number of carbonyl (C=O) groups is 2. The summed E-state index contributed by atoms with van der Waals surface area (Å²) in [5.74, 6) is -0.255. The lowest BCUT2D eigenvalue weighted by Crippen LogP contribution is -2.40. The van der Waals surface area contributed by atoms with E-state index in [2.05, 4.69) is 10.2 Å². The van der Waals surface area contributed by atoms with Crippen LogP contribution in [0.25, 0.3) is 11.1 Å². The summed E-state index contributed by atoms with van der Waals surface area (Å²) in [6, 6.07) is 28.7. The van der Waals surface area contributed by atoms with Gasteiger partial charge in [0.15, 0.2) is 0 Å². The number of hydrogen-bond donors (Lipinski definition) is 1. The van der Waals surface area contributed by atoms with Crippen LogP contribution in [0.3, 0.4) is 0 Å². The Bertz CT molecular complexity index is 1530. The zero-order valence-corrected chi connectivity index (χ0v) is 23.8. The first-order valence-electron chi connectivity index (χ1n) is 14.4. The third-order valence-electron chi connectivity index (χ3n) is 7.85. The molecule has 1 fully saturated rings. The highest BCUT2D eigenvalue weighted by Crippen LogP contribution is 2.34. The van der Waals surface area contributed by atoms with Crippen LogP contribution in [-0.2, 0) is 15.7 Å². The second-order valence-electron chi connectivity index (χ2n) is 10.6. The number of amides is 1. The fourth-order valence-electron chi connectivity index (χ4n) is 5.65. The molecule has 1 atom stereocenters. The largest absolute Gasteiger partial charge is 0.465 e. The average molecular weight is 587 g/mol. The van der Waals surface area contributed by atoms with Gasteiger partial charge in [-0.1, -0.05) is 72.8 Å². The Hall–Kier alpha value is -4.43. The molecule has 0 aromatic heterocycles. The Labute approximate surface area is 249 Å². The smallest absolute Gasteiger partial charge is 0.416 e. The molecule has 1 amide bonds.